The first-order valence-corrected chi connectivity index (χ1v) is 10.4. The van der Waals surface area contributed by atoms with Crippen molar-refractivity contribution < 1.29 is 14.3 Å². The number of nitrogens with one attached hydrogen (secondary N) is 3. The van der Waals surface area contributed by atoms with Gasteiger partial charge in [-0.25, -0.2) is 15.2 Å². The number of aromatic nitrogens is 1. The molecule has 0 bridgehead atoms. The third-order valence-electron chi connectivity index (χ3n) is 5.31. The van der Waals surface area contributed by atoms with Crippen molar-refractivity contribution in [2.45, 2.75) is 37.8 Å². The minimum atomic E-state index is -0.570. The quantitative estimate of drug-likeness (QED) is 0.658. The van der Waals surface area contributed by atoms with Gasteiger partial charge in [0.1, 0.15) is 6.04 Å². The molecule has 1 saturated heterocycles. The number of ether oxygens (including phenoxy) is 1. The summed E-state index contributed by atoms with van der Waals surface area (Å²) < 4.78 is 4.85. The van der Waals surface area contributed by atoms with Gasteiger partial charge in [-0.1, -0.05) is 54.0 Å². The van der Waals surface area contributed by atoms with Crippen LogP contribution in [0.2, 0.25) is 5.02 Å². The number of rotatable bonds is 4. The van der Waals surface area contributed by atoms with Gasteiger partial charge in [-0.15, -0.1) is 0 Å². The second kappa shape index (κ2) is 8.16. The molecule has 28 heavy (non-hydrogen) atoms. The molecule has 3 N–H and O–H groups in total. The number of anilines is 1. The van der Waals surface area contributed by atoms with E-state index in [0.717, 1.165) is 19.3 Å². The van der Waals surface area contributed by atoms with Crippen molar-refractivity contribution in [2.75, 3.05) is 12.4 Å². The molecule has 3 atom stereocenters. The molecule has 2 fully saturated rings. The maximum absolute atomic E-state index is 12.8. The van der Waals surface area contributed by atoms with Crippen molar-refractivity contribution in [2.24, 2.45) is 5.92 Å². The fraction of sp³-hybridized carbons (Fsp3) is 0.421. The van der Waals surface area contributed by atoms with Crippen molar-refractivity contribution in [1.29, 1.82) is 0 Å². The Morgan fingerprint density at radius 1 is 1.25 bits per heavy atom. The molecular weight excluding hydrogens is 400 g/mol. The van der Waals surface area contributed by atoms with Crippen LogP contribution < -0.4 is 16.2 Å². The first-order valence-electron chi connectivity index (χ1n) is 9.24. The lowest BCUT2D eigenvalue weighted by Crippen LogP contribution is -2.42. The number of thiazole rings is 1. The number of hydrogen-bond donors (Lipinski definition) is 3. The van der Waals surface area contributed by atoms with Crippen LogP contribution in [0.1, 0.15) is 36.2 Å². The van der Waals surface area contributed by atoms with Crippen molar-refractivity contribution in [3.8, 4) is 10.4 Å². The van der Waals surface area contributed by atoms with Crippen molar-refractivity contribution in [3.05, 3.63) is 35.0 Å². The molecule has 1 amide bonds. The molecule has 148 valence electrons. The van der Waals surface area contributed by atoms with Crippen LogP contribution in [0.3, 0.4) is 0 Å². The molecule has 1 aromatic heterocycles. The molecule has 2 aromatic rings. The Hall–Kier alpha value is -2.00. The van der Waals surface area contributed by atoms with Crippen LogP contribution in [0.4, 0.5) is 5.13 Å². The maximum atomic E-state index is 12.8. The monoisotopic (exact) mass is 420 g/mol. The average molecular weight is 421 g/mol. The number of esters is 1. The summed E-state index contributed by atoms with van der Waals surface area (Å²) in [4.78, 5) is 29.9. The largest absolute Gasteiger partial charge is 0.464 e. The third kappa shape index (κ3) is 3.65. The minimum Gasteiger partial charge on any atom is -0.464 e. The predicted molar refractivity (Wildman–Crippen MR) is 108 cm³/mol. The van der Waals surface area contributed by atoms with E-state index in [0.29, 0.717) is 26.6 Å². The average Bonchev–Trinajstić information content (AvgIpc) is 3.32. The van der Waals surface area contributed by atoms with Gasteiger partial charge >= 0.3 is 5.97 Å². The Balaban J connectivity index is 1.59. The number of fused-ring (bicyclic) bond motifs is 1. The summed E-state index contributed by atoms with van der Waals surface area (Å²) in [6.45, 7) is 0. The van der Waals surface area contributed by atoms with Crippen molar-refractivity contribution in [1.82, 2.24) is 15.8 Å². The minimum absolute atomic E-state index is 0.143. The first kappa shape index (κ1) is 19.3. The fourth-order valence-electron chi connectivity index (χ4n) is 3.92. The van der Waals surface area contributed by atoms with Gasteiger partial charge in [0.25, 0.3) is 0 Å². The van der Waals surface area contributed by atoms with Crippen LogP contribution in [0.25, 0.3) is 10.4 Å². The number of hydrazine groups is 1. The molecule has 0 radical (unpaired) electrons. The number of hydrogen-bond acceptors (Lipinski definition) is 7. The standard InChI is InChI=1S/C19H21ClN4O3S/c1-27-18(26)15-16(10-6-2-4-8-12(10)20)28-19(21-15)22-17(25)14-11-7-3-5-9-13(11)23-24-14/h2,4,6,8,11,13-14,23-24H,3,5,7,9H2,1H3,(H,21,22,25). The zero-order chi connectivity index (χ0) is 19.7. The lowest BCUT2D eigenvalue weighted by molar-refractivity contribution is -0.118. The number of benzene rings is 1. The van der Waals surface area contributed by atoms with E-state index in [1.54, 1.807) is 6.07 Å². The number of carbonyl (C=O) groups is 2. The second-order valence-electron chi connectivity index (χ2n) is 6.98. The van der Waals surface area contributed by atoms with Gasteiger partial charge in [-0.05, 0) is 18.9 Å². The molecule has 1 saturated carbocycles. The second-order valence-corrected chi connectivity index (χ2v) is 8.38. The van der Waals surface area contributed by atoms with Crippen LogP contribution >= 0.6 is 22.9 Å². The van der Waals surface area contributed by atoms with Gasteiger partial charge in [0.15, 0.2) is 10.8 Å². The lowest BCUT2D eigenvalue weighted by atomic mass is 9.81. The molecule has 1 aliphatic carbocycles. The van der Waals surface area contributed by atoms with Gasteiger partial charge in [-0.3, -0.25) is 10.2 Å². The van der Waals surface area contributed by atoms with Crippen molar-refractivity contribution >= 4 is 39.9 Å². The van der Waals surface area contributed by atoms with Gasteiger partial charge in [-0.2, -0.15) is 0 Å². The number of carbonyl (C=O) groups excluding carboxylic acids is 2. The molecule has 2 heterocycles. The highest BCUT2D eigenvalue weighted by Gasteiger charge is 2.41. The van der Waals surface area contributed by atoms with Gasteiger partial charge in [0.05, 0.1) is 12.0 Å². The number of methoxy groups -OCH3 is 1. The maximum Gasteiger partial charge on any atom is 0.358 e. The summed E-state index contributed by atoms with van der Waals surface area (Å²) in [5, 5.41) is 3.71. The number of amides is 1. The van der Waals surface area contributed by atoms with E-state index in [1.165, 1.54) is 24.9 Å². The Morgan fingerprint density at radius 3 is 2.82 bits per heavy atom. The summed E-state index contributed by atoms with van der Waals surface area (Å²) in [7, 11) is 1.30. The van der Waals surface area contributed by atoms with Crippen LogP contribution in [0.15, 0.2) is 24.3 Å². The van der Waals surface area contributed by atoms with Crippen LogP contribution in [0, 0.1) is 5.92 Å². The Morgan fingerprint density at radius 2 is 2.04 bits per heavy atom. The van der Waals surface area contributed by atoms with E-state index >= 15 is 0 Å². The van der Waals surface area contributed by atoms with Gasteiger partial charge < -0.3 is 10.1 Å². The zero-order valence-corrected chi connectivity index (χ0v) is 16.9. The lowest BCUT2D eigenvalue weighted by Gasteiger charge is -2.26. The fourth-order valence-corrected chi connectivity index (χ4v) is 5.20. The van der Waals surface area contributed by atoms with Crippen molar-refractivity contribution in [3.63, 3.8) is 0 Å². The molecule has 4 rings (SSSR count). The SMILES string of the molecule is COC(=O)c1nc(NC(=O)C2NNC3CCCCC32)sc1-c1ccccc1Cl. The zero-order valence-electron chi connectivity index (χ0n) is 15.3. The van der Waals surface area contributed by atoms with Gasteiger partial charge in [0, 0.05) is 22.5 Å². The van der Waals surface area contributed by atoms with Gasteiger partial charge in [0.2, 0.25) is 5.91 Å². The molecule has 7 nitrogen and oxygen atoms in total. The summed E-state index contributed by atoms with van der Waals surface area (Å²) >= 11 is 7.51. The van der Waals surface area contributed by atoms with E-state index in [1.807, 2.05) is 18.2 Å². The topological polar surface area (TPSA) is 92.3 Å². The normalized spacial score (nSPS) is 23.9. The molecule has 3 unspecified atom stereocenters. The number of halogens is 1. The summed E-state index contributed by atoms with van der Waals surface area (Å²) in [5.74, 6) is -0.464. The third-order valence-corrected chi connectivity index (χ3v) is 6.64. The van der Waals surface area contributed by atoms with Crippen LogP contribution in [-0.2, 0) is 9.53 Å². The number of nitrogens with zero attached hydrogens (tertiary/aromatic N) is 1. The highest BCUT2D eigenvalue weighted by molar-refractivity contribution is 7.19. The van der Waals surface area contributed by atoms with Crippen LogP contribution in [0.5, 0.6) is 0 Å². The van der Waals surface area contributed by atoms with E-state index in [2.05, 4.69) is 21.2 Å². The smallest absolute Gasteiger partial charge is 0.358 e. The first-order chi connectivity index (χ1) is 13.6. The predicted octanol–water partition coefficient (Wildman–Crippen LogP) is 3.22. The van der Waals surface area contributed by atoms with E-state index < -0.39 is 5.97 Å². The highest BCUT2D eigenvalue weighted by atomic mass is 35.5. The Bertz CT molecular complexity index is 903. The molecule has 1 aromatic carbocycles. The van der Waals surface area contributed by atoms with E-state index in [4.69, 9.17) is 16.3 Å². The Labute approximate surface area is 171 Å². The molecule has 0 spiro atoms. The summed E-state index contributed by atoms with van der Waals surface area (Å²) in [5.41, 5.74) is 7.17. The molecule has 9 heteroatoms. The molecule has 2 aliphatic rings. The van der Waals surface area contributed by atoms with E-state index in [9.17, 15) is 9.59 Å². The molecule has 1 aliphatic heterocycles. The van der Waals surface area contributed by atoms with Crippen LogP contribution in [-0.4, -0.2) is 36.1 Å². The summed E-state index contributed by atoms with van der Waals surface area (Å²) in [6.07, 6.45) is 4.40. The molecular formula is C19H21ClN4O3S. The summed E-state index contributed by atoms with van der Waals surface area (Å²) in [6, 6.07) is 7.20. The highest BCUT2D eigenvalue weighted by Crippen LogP contribution is 2.38. The Kier molecular flexibility index (Phi) is 5.63. The van der Waals surface area contributed by atoms with E-state index in [-0.39, 0.29) is 23.6 Å².